The number of esters is 1. The molecule has 0 rings (SSSR count). The number of unbranched alkanes of at least 4 members (excludes halogenated alkanes) is 1. The molecule has 4 heteroatoms. The van der Waals surface area contributed by atoms with Crippen molar-refractivity contribution >= 4 is 23.3 Å². The lowest BCUT2D eigenvalue weighted by Crippen LogP contribution is -2.09. The van der Waals surface area contributed by atoms with Crippen LogP contribution in [0.4, 0.5) is 0 Å². The summed E-state index contributed by atoms with van der Waals surface area (Å²) in [4.78, 5) is 10.2. The number of aliphatic hydroxyl groups is 1. The van der Waals surface area contributed by atoms with Gasteiger partial charge in [0.15, 0.2) is 17.4 Å². The number of hydrogen-bond donors (Lipinski definition) is 1. The minimum Gasteiger partial charge on any atom is -0.464 e. The minimum absolute atomic E-state index is 0. The van der Waals surface area contributed by atoms with Crippen LogP contribution in [0.5, 0.6) is 0 Å². The summed E-state index contributed by atoms with van der Waals surface area (Å²) in [5, 5.41) is 8.16. The van der Waals surface area contributed by atoms with E-state index in [1.165, 1.54) is 0 Å². The van der Waals surface area contributed by atoms with Crippen molar-refractivity contribution in [2.24, 2.45) is 0 Å². The fourth-order valence-corrected chi connectivity index (χ4v) is 0.376. The van der Waals surface area contributed by atoms with Crippen LogP contribution in [0.2, 0.25) is 0 Å². The van der Waals surface area contributed by atoms with Crippen LogP contribution in [-0.4, -0.2) is 41.7 Å². The summed E-state index contributed by atoms with van der Waals surface area (Å²) >= 11 is 0. The summed E-state index contributed by atoms with van der Waals surface area (Å²) < 4.78 is 4.54. The van der Waals surface area contributed by atoms with Crippen LogP contribution in [0.15, 0.2) is 0 Å². The molecule has 0 atom stereocenters. The van der Waals surface area contributed by atoms with Gasteiger partial charge in [0.1, 0.15) is 6.61 Å². The first-order valence-corrected chi connectivity index (χ1v) is 3.07. The maximum absolute atomic E-state index is 10.2. The Hall–Kier alpha value is -0.0375. The SMILES string of the molecule is CCCCOC(=O)CO.[AlH3]. The van der Waals surface area contributed by atoms with Gasteiger partial charge in [0.05, 0.1) is 6.61 Å². The van der Waals surface area contributed by atoms with Gasteiger partial charge in [0, 0.05) is 0 Å². The number of carbonyl (C=O) groups excluding carboxylic acids is 1. The topological polar surface area (TPSA) is 46.5 Å². The maximum atomic E-state index is 10.2. The van der Waals surface area contributed by atoms with Gasteiger partial charge in [-0.05, 0) is 6.42 Å². The van der Waals surface area contributed by atoms with E-state index in [0.29, 0.717) is 6.61 Å². The molecule has 0 bridgehead atoms. The number of carbonyl (C=O) groups is 1. The quantitative estimate of drug-likeness (QED) is 0.332. The van der Waals surface area contributed by atoms with E-state index in [4.69, 9.17) is 5.11 Å². The second-order valence-corrected chi connectivity index (χ2v) is 1.73. The fraction of sp³-hybridized carbons (Fsp3) is 0.833. The van der Waals surface area contributed by atoms with Crippen LogP contribution in [0.1, 0.15) is 19.8 Å². The average Bonchev–Trinajstić information content (AvgIpc) is 1.89. The van der Waals surface area contributed by atoms with Crippen LogP contribution < -0.4 is 0 Å². The number of ether oxygens (including phenoxy) is 1. The third-order valence-corrected chi connectivity index (χ3v) is 0.890. The maximum Gasteiger partial charge on any atom is 0.331 e. The summed E-state index contributed by atoms with van der Waals surface area (Å²) in [6.45, 7) is 1.92. The van der Waals surface area contributed by atoms with Gasteiger partial charge < -0.3 is 9.84 Å². The Morgan fingerprint density at radius 1 is 1.60 bits per heavy atom. The first-order valence-electron chi connectivity index (χ1n) is 3.07. The zero-order valence-corrected chi connectivity index (χ0v) is 5.59. The molecule has 0 aromatic heterocycles. The second kappa shape index (κ2) is 8.96. The van der Waals surface area contributed by atoms with E-state index in [1.54, 1.807) is 0 Å². The highest BCUT2D eigenvalue weighted by Gasteiger charge is 1.95. The van der Waals surface area contributed by atoms with Gasteiger partial charge in [-0.1, -0.05) is 13.3 Å². The van der Waals surface area contributed by atoms with Crippen molar-refractivity contribution in [3.8, 4) is 0 Å². The van der Waals surface area contributed by atoms with E-state index >= 15 is 0 Å². The molecule has 10 heavy (non-hydrogen) atoms. The van der Waals surface area contributed by atoms with Gasteiger partial charge in [0.2, 0.25) is 0 Å². The molecule has 0 aliphatic carbocycles. The molecule has 0 saturated heterocycles. The third-order valence-electron chi connectivity index (χ3n) is 0.890. The van der Waals surface area contributed by atoms with E-state index in [9.17, 15) is 4.79 Å². The summed E-state index contributed by atoms with van der Waals surface area (Å²) in [6.07, 6.45) is 1.87. The molecule has 60 valence electrons. The largest absolute Gasteiger partial charge is 0.464 e. The molecular formula is C6H15AlO3. The highest BCUT2D eigenvalue weighted by atomic mass is 27.0. The van der Waals surface area contributed by atoms with E-state index in [2.05, 4.69) is 4.74 Å². The van der Waals surface area contributed by atoms with Gasteiger partial charge in [-0.25, -0.2) is 4.79 Å². The van der Waals surface area contributed by atoms with Crippen LogP contribution in [0, 0.1) is 0 Å². The number of aliphatic hydroxyl groups excluding tert-OH is 1. The Labute approximate surface area is 71.5 Å². The number of rotatable bonds is 4. The zero-order valence-electron chi connectivity index (χ0n) is 5.59. The van der Waals surface area contributed by atoms with Crippen molar-refractivity contribution in [3.63, 3.8) is 0 Å². The predicted octanol–water partition coefficient (Wildman–Crippen LogP) is -0.862. The monoisotopic (exact) mass is 162 g/mol. The van der Waals surface area contributed by atoms with E-state index in [1.807, 2.05) is 6.92 Å². The molecule has 0 aromatic carbocycles. The molecular weight excluding hydrogens is 147 g/mol. The molecule has 0 spiro atoms. The third kappa shape index (κ3) is 7.96. The van der Waals surface area contributed by atoms with Gasteiger partial charge in [0.25, 0.3) is 0 Å². The lowest BCUT2D eigenvalue weighted by atomic mass is 10.4. The van der Waals surface area contributed by atoms with Gasteiger partial charge in [-0.2, -0.15) is 0 Å². The van der Waals surface area contributed by atoms with Crippen molar-refractivity contribution in [3.05, 3.63) is 0 Å². The van der Waals surface area contributed by atoms with E-state index in [-0.39, 0.29) is 17.4 Å². The lowest BCUT2D eigenvalue weighted by Gasteiger charge is -1.98. The molecule has 0 saturated carbocycles. The average molecular weight is 162 g/mol. The lowest BCUT2D eigenvalue weighted by molar-refractivity contribution is -0.146. The highest BCUT2D eigenvalue weighted by Crippen LogP contribution is 1.87. The fourth-order valence-electron chi connectivity index (χ4n) is 0.376. The van der Waals surface area contributed by atoms with Gasteiger partial charge >= 0.3 is 5.97 Å². The Morgan fingerprint density at radius 3 is 2.60 bits per heavy atom. The molecule has 0 amide bonds. The molecule has 3 nitrogen and oxygen atoms in total. The molecule has 0 aromatic rings. The smallest absolute Gasteiger partial charge is 0.331 e. The molecule has 0 radical (unpaired) electrons. The Kier molecular flexibility index (Phi) is 11.3. The normalized spacial score (nSPS) is 8.20. The first-order chi connectivity index (χ1) is 4.31. The summed E-state index contributed by atoms with van der Waals surface area (Å²) in [5.74, 6) is -0.538. The Bertz CT molecular complexity index is 85.1. The van der Waals surface area contributed by atoms with E-state index < -0.39 is 12.6 Å². The number of hydrogen-bond acceptors (Lipinski definition) is 3. The van der Waals surface area contributed by atoms with Crippen LogP contribution in [0.25, 0.3) is 0 Å². The second-order valence-electron chi connectivity index (χ2n) is 1.73. The van der Waals surface area contributed by atoms with Crippen LogP contribution in [0.3, 0.4) is 0 Å². The van der Waals surface area contributed by atoms with Gasteiger partial charge in [-0.3, -0.25) is 0 Å². The van der Waals surface area contributed by atoms with Crippen molar-refractivity contribution in [1.82, 2.24) is 0 Å². The standard InChI is InChI=1S/C6H12O3.Al.3H/c1-2-3-4-9-6(8)5-7;;;;/h7H,2-5H2,1H3;;;;. The van der Waals surface area contributed by atoms with Gasteiger partial charge in [-0.15, -0.1) is 0 Å². The van der Waals surface area contributed by atoms with Crippen LogP contribution in [-0.2, 0) is 9.53 Å². The van der Waals surface area contributed by atoms with Crippen molar-refractivity contribution < 1.29 is 14.6 Å². The minimum atomic E-state index is -0.538. The van der Waals surface area contributed by atoms with Crippen molar-refractivity contribution in [2.45, 2.75) is 19.8 Å². The van der Waals surface area contributed by atoms with Crippen molar-refractivity contribution in [1.29, 1.82) is 0 Å². The van der Waals surface area contributed by atoms with Crippen LogP contribution >= 0.6 is 0 Å². The first kappa shape index (κ1) is 12.6. The summed E-state index contributed by atoms with van der Waals surface area (Å²) in [5.41, 5.74) is 0. The molecule has 0 unspecified atom stereocenters. The molecule has 1 N–H and O–H groups in total. The highest BCUT2D eigenvalue weighted by molar-refractivity contribution is 5.75. The summed E-state index contributed by atoms with van der Waals surface area (Å²) in [6, 6.07) is 0. The molecule has 0 fully saturated rings. The molecule has 0 aliphatic heterocycles. The Balaban J connectivity index is 0. The molecule has 0 heterocycles. The van der Waals surface area contributed by atoms with Crippen molar-refractivity contribution in [2.75, 3.05) is 13.2 Å². The Morgan fingerprint density at radius 2 is 2.20 bits per heavy atom. The predicted molar refractivity (Wildman–Crippen MR) is 42.9 cm³/mol. The zero-order chi connectivity index (χ0) is 7.11. The van der Waals surface area contributed by atoms with E-state index in [0.717, 1.165) is 12.8 Å². The molecule has 0 aliphatic rings. The summed E-state index contributed by atoms with van der Waals surface area (Å²) in [7, 11) is 0.